The fraction of sp³-hybridized carbons (Fsp3) is 0.200. The number of rotatable bonds is 3. The van der Waals surface area contributed by atoms with E-state index in [0.717, 1.165) is 10.0 Å². The summed E-state index contributed by atoms with van der Waals surface area (Å²) in [6, 6.07) is 11.3. The van der Waals surface area contributed by atoms with Gasteiger partial charge < -0.3 is 5.32 Å². The Morgan fingerprint density at radius 2 is 1.70 bits per heavy atom. The average Bonchev–Trinajstić information content (AvgIpc) is 2.39. The third-order valence-electron chi connectivity index (χ3n) is 2.96. The van der Waals surface area contributed by atoms with E-state index in [1.807, 2.05) is 0 Å². The van der Waals surface area contributed by atoms with E-state index < -0.39 is 12.2 Å². The van der Waals surface area contributed by atoms with E-state index in [9.17, 15) is 13.2 Å². The van der Waals surface area contributed by atoms with Crippen LogP contribution < -0.4 is 5.32 Å². The van der Waals surface area contributed by atoms with Gasteiger partial charge in [0.05, 0.1) is 0 Å². The van der Waals surface area contributed by atoms with Crippen molar-refractivity contribution in [3.63, 3.8) is 0 Å². The molecule has 5 heteroatoms. The van der Waals surface area contributed by atoms with Crippen molar-refractivity contribution >= 4 is 21.6 Å². The predicted molar refractivity (Wildman–Crippen MR) is 77.7 cm³/mol. The van der Waals surface area contributed by atoms with Gasteiger partial charge in [0, 0.05) is 10.2 Å². The highest BCUT2D eigenvalue weighted by molar-refractivity contribution is 9.10. The summed E-state index contributed by atoms with van der Waals surface area (Å²) >= 11 is 3.27. The molecular formula is C15H13BrF3N. The highest BCUT2D eigenvalue weighted by atomic mass is 79.9. The minimum atomic E-state index is -4.36. The van der Waals surface area contributed by atoms with Crippen LogP contribution in [0.25, 0.3) is 0 Å². The topological polar surface area (TPSA) is 12.0 Å². The van der Waals surface area contributed by atoms with Crippen LogP contribution >= 0.6 is 15.9 Å². The standard InChI is InChI=1S/C15H13BrF3N/c1-10-7-8-12(16)9-13(10)20-14(15(17,18)19)11-5-3-2-4-6-11/h2-9,14,20H,1H3. The molecule has 1 N–H and O–H groups in total. The van der Waals surface area contributed by atoms with Gasteiger partial charge in [0.1, 0.15) is 6.04 Å². The molecule has 0 saturated heterocycles. The average molecular weight is 344 g/mol. The zero-order valence-electron chi connectivity index (χ0n) is 10.7. The normalized spacial score (nSPS) is 13.1. The first-order chi connectivity index (χ1) is 9.38. The fourth-order valence-corrected chi connectivity index (χ4v) is 2.27. The zero-order valence-corrected chi connectivity index (χ0v) is 12.3. The number of halogens is 4. The van der Waals surface area contributed by atoms with Gasteiger partial charge in [0.25, 0.3) is 0 Å². The van der Waals surface area contributed by atoms with E-state index in [2.05, 4.69) is 21.2 Å². The van der Waals surface area contributed by atoms with Gasteiger partial charge in [-0.3, -0.25) is 0 Å². The van der Waals surface area contributed by atoms with Gasteiger partial charge in [-0.15, -0.1) is 0 Å². The molecule has 2 rings (SSSR count). The molecule has 0 heterocycles. The van der Waals surface area contributed by atoms with Gasteiger partial charge >= 0.3 is 6.18 Å². The number of alkyl halides is 3. The molecule has 0 fully saturated rings. The van der Waals surface area contributed by atoms with Crippen molar-refractivity contribution in [1.82, 2.24) is 0 Å². The molecule has 1 atom stereocenters. The first kappa shape index (κ1) is 14.9. The summed E-state index contributed by atoms with van der Waals surface area (Å²) in [4.78, 5) is 0. The molecule has 1 unspecified atom stereocenters. The third kappa shape index (κ3) is 3.54. The molecule has 0 aliphatic heterocycles. The zero-order chi connectivity index (χ0) is 14.8. The summed E-state index contributed by atoms with van der Waals surface area (Å²) < 4.78 is 40.5. The van der Waals surface area contributed by atoms with E-state index in [0.29, 0.717) is 5.69 Å². The lowest BCUT2D eigenvalue weighted by Crippen LogP contribution is -2.28. The Balaban J connectivity index is 2.37. The second kappa shape index (κ2) is 5.87. The lowest BCUT2D eigenvalue weighted by atomic mass is 10.1. The molecular weight excluding hydrogens is 331 g/mol. The molecule has 20 heavy (non-hydrogen) atoms. The van der Waals surface area contributed by atoms with Crippen molar-refractivity contribution in [2.45, 2.75) is 19.1 Å². The molecule has 2 aromatic carbocycles. The first-order valence-electron chi connectivity index (χ1n) is 6.02. The van der Waals surface area contributed by atoms with Gasteiger partial charge in [-0.1, -0.05) is 52.3 Å². The largest absolute Gasteiger partial charge is 0.412 e. The van der Waals surface area contributed by atoms with Crippen molar-refractivity contribution in [2.24, 2.45) is 0 Å². The maximum atomic E-state index is 13.2. The van der Waals surface area contributed by atoms with Crippen LogP contribution in [-0.4, -0.2) is 6.18 Å². The van der Waals surface area contributed by atoms with E-state index in [-0.39, 0.29) is 5.56 Å². The van der Waals surface area contributed by atoms with Gasteiger partial charge in [0.2, 0.25) is 0 Å². The van der Waals surface area contributed by atoms with Crippen molar-refractivity contribution < 1.29 is 13.2 Å². The summed E-state index contributed by atoms with van der Waals surface area (Å²) in [6.45, 7) is 1.77. The molecule has 0 amide bonds. The summed E-state index contributed by atoms with van der Waals surface area (Å²) in [5, 5.41) is 2.59. The van der Waals surface area contributed by atoms with Crippen LogP contribution in [0.3, 0.4) is 0 Å². The number of hydrogen-bond acceptors (Lipinski definition) is 1. The molecule has 106 valence electrons. The van der Waals surface area contributed by atoms with Crippen LogP contribution in [0.5, 0.6) is 0 Å². The van der Waals surface area contributed by atoms with E-state index in [1.165, 1.54) is 12.1 Å². The van der Waals surface area contributed by atoms with Crippen LogP contribution in [-0.2, 0) is 0 Å². The quantitative estimate of drug-likeness (QED) is 0.778. The van der Waals surface area contributed by atoms with E-state index >= 15 is 0 Å². The second-order valence-corrected chi connectivity index (χ2v) is 5.40. The number of anilines is 1. The van der Waals surface area contributed by atoms with Gasteiger partial charge in [-0.25, -0.2) is 0 Å². The molecule has 0 saturated carbocycles. The van der Waals surface area contributed by atoms with E-state index in [4.69, 9.17) is 0 Å². The Bertz CT molecular complexity index is 581. The smallest absolute Gasteiger partial charge is 0.370 e. The summed E-state index contributed by atoms with van der Waals surface area (Å²) in [6.07, 6.45) is -4.36. The van der Waals surface area contributed by atoms with Crippen LogP contribution in [0.15, 0.2) is 53.0 Å². The fourth-order valence-electron chi connectivity index (χ4n) is 1.90. The highest BCUT2D eigenvalue weighted by Gasteiger charge is 2.40. The van der Waals surface area contributed by atoms with Crippen LogP contribution in [0, 0.1) is 6.92 Å². The molecule has 0 radical (unpaired) electrons. The molecule has 0 bridgehead atoms. The molecule has 0 aliphatic rings. The maximum absolute atomic E-state index is 13.2. The molecule has 0 spiro atoms. The van der Waals surface area contributed by atoms with Gasteiger partial charge in [0.15, 0.2) is 0 Å². The van der Waals surface area contributed by atoms with Crippen molar-refractivity contribution in [3.05, 3.63) is 64.1 Å². The van der Waals surface area contributed by atoms with Crippen molar-refractivity contribution in [3.8, 4) is 0 Å². The molecule has 0 aliphatic carbocycles. The predicted octanol–water partition coefficient (Wildman–Crippen LogP) is 5.47. The summed E-state index contributed by atoms with van der Waals surface area (Å²) in [7, 11) is 0. The summed E-state index contributed by atoms with van der Waals surface area (Å²) in [5.74, 6) is 0. The number of aryl methyl sites for hydroxylation is 1. The maximum Gasteiger partial charge on any atom is 0.412 e. The Hall–Kier alpha value is -1.49. The molecule has 0 aromatic heterocycles. The monoisotopic (exact) mass is 343 g/mol. The van der Waals surface area contributed by atoms with Gasteiger partial charge in [-0.2, -0.15) is 13.2 Å². The summed E-state index contributed by atoms with van der Waals surface area (Å²) in [5.41, 5.74) is 1.42. The number of nitrogens with one attached hydrogen (secondary N) is 1. The van der Waals surface area contributed by atoms with Crippen molar-refractivity contribution in [2.75, 3.05) is 5.32 Å². The first-order valence-corrected chi connectivity index (χ1v) is 6.81. The Kier molecular flexibility index (Phi) is 4.38. The Labute approximate surface area is 123 Å². The van der Waals surface area contributed by atoms with Crippen LogP contribution in [0.4, 0.5) is 18.9 Å². The highest BCUT2D eigenvalue weighted by Crippen LogP contribution is 2.36. The molecule has 2 aromatic rings. The van der Waals surface area contributed by atoms with Gasteiger partial charge in [-0.05, 0) is 30.2 Å². The SMILES string of the molecule is Cc1ccc(Br)cc1NC(c1ccccc1)C(F)(F)F. The lowest BCUT2D eigenvalue weighted by Gasteiger charge is -2.24. The minimum Gasteiger partial charge on any atom is -0.370 e. The minimum absolute atomic E-state index is 0.194. The lowest BCUT2D eigenvalue weighted by molar-refractivity contribution is -0.144. The van der Waals surface area contributed by atoms with E-state index in [1.54, 1.807) is 43.3 Å². The Morgan fingerprint density at radius 1 is 1.05 bits per heavy atom. The third-order valence-corrected chi connectivity index (χ3v) is 3.45. The van der Waals surface area contributed by atoms with Crippen LogP contribution in [0.1, 0.15) is 17.2 Å². The number of benzene rings is 2. The second-order valence-electron chi connectivity index (χ2n) is 4.49. The van der Waals surface area contributed by atoms with Crippen molar-refractivity contribution in [1.29, 1.82) is 0 Å². The molecule has 1 nitrogen and oxygen atoms in total. The number of hydrogen-bond donors (Lipinski definition) is 1. The van der Waals surface area contributed by atoms with Crippen LogP contribution in [0.2, 0.25) is 0 Å². The Morgan fingerprint density at radius 3 is 2.30 bits per heavy atom.